The molecular weight excluding hydrogens is 206 g/mol. The van der Waals surface area contributed by atoms with Crippen LogP contribution in [-0.2, 0) is 6.42 Å². The molecule has 0 unspecified atom stereocenters. The van der Waals surface area contributed by atoms with Gasteiger partial charge in [0, 0.05) is 12.3 Å². The van der Waals surface area contributed by atoms with Crippen molar-refractivity contribution in [1.29, 1.82) is 0 Å². The third-order valence-corrected chi connectivity index (χ3v) is 2.30. The van der Waals surface area contributed by atoms with E-state index in [0.717, 1.165) is 31.2 Å². The Labute approximate surface area is 94.9 Å². The summed E-state index contributed by atoms with van der Waals surface area (Å²) in [7, 11) is 0. The molecule has 4 heteroatoms. The first-order valence-electron chi connectivity index (χ1n) is 5.42. The molecule has 16 heavy (non-hydrogen) atoms. The first-order valence-corrected chi connectivity index (χ1v) is 5.42. The zero-order chi connectivity index (χ0) is 11.8. The Balaban J connectivity index is 2.44. The smallest absolute Gasteiger partial charge is 0.409 e. The lowest BCUT2D eigenvalue weighted by Gasteiger charge is -2.04. The average molecular weight is 223 g/mol. The fraction of sp³-hybridized carbons (Fsp3) is 0.417. The van der Waals surface area contributed by atoms with Gasteiger partial charge in [-0.15, -0.1) is 0 Å². The summed E-state index contributed by atoms with van der Waals surface area (Å²) in [6.07, 6.45) is 2.70. The van der Waals surface area contributed by atoms with Crippen molar-refractivity contribution in [2.24, 2.45) is 0 Å². The third kappa shape index (κ3) is 4.79. The number of hydrogen-bond acceptors (Lipinski definition) is 2. The van der Waals surface area contributed by atoms with Crippen molar-refractivity contribution in [3.8, 4) is 0 Å². The van der Waals surface area contributed by atoms with Crippen LogP contribution in [0, 0.1) is 0 Å². The van der Waals surface area contributed by atoms with Crippen LogP contribution in [0.1, 0.15) is 24.8 Å². The maximum atomic E-state index is 10.4. The van der Waals surface area contributed by atoms with Crippen LogP contribution in [0.3, 0.4) is 0 Å². The van der Waals surface area contributed by atoms with E-state index in [9.17, 15) is 4.79 Å². The van der Waals surface area contributed by atoms with Crippen molar-refractivity contribution in [1.82, 2.24) is 0 Å². The molecule has 0 spiro atoms. The number of aryl methyl sites for hydroxylation is 1. The highest BCUT2D eigenvalue weighted by atomic mass is 16.4. The van der Waals surface area contributed by atoms with Crippen molar-refractivity contribution in [2.45, 2.75) is 25.7 Å². The Morgan fingerprint density at radius 2 is 2.06 bits per heavy atom. The highest BCUT2D eigenvalue weighted by molar-refractivity contribution is 5.82. The first kappa shape index (κ1) is 12.5. The van der Waals surface area contributed by atoms with Crippen LogP contribution in [0.5, 0.6) is 0 Å². The molecule has 0 aliphatic heterocycles. The van der Waals surface area contributed by atoms with Crippen molar-refractivity contribution < 1.29 is 15.0 Å². The van der Waals surface area contributed by atoms with Gasteiger partial charge in [0.1, 0.15) is 0 Å². The van der Waals surface area contributed by atoms with E-state index in [-0.39, 0.29) is 6.61 Å². The fourth-order valence-corrected chi connectivity index (χ4v) is 1.55. The molecule has 1 aromatic carbocycles. The van der Waals surface area contributed by atoms with E-state index < -0.39 is 6.09 Å². The second-order valence-electron chi connectivity index (χ2n) is 3.66. The van der Waals surface area contributed by atoms with Gasteiger partial charge in [-0.1, -0.05) is 18.6 Å². The van der Waals surface area contributed by atoms with E-state index in [1.807, 2.05) is 18.2 Å². The number of aliphatic hydroxyl groups excluding tert-OH is 1. The minimum Gasteiger partial charge on any atom is -0.465 e. The van der Waals surface area contributed by atoms with Gasteiger partial charge in [0.15, 0.2) is 0 Å². The van der Waals surface area contributed by atoms with Gasteiger partial charge in [-0.05, 0) is 37.0 Å². The predicted molar refractivity (Wildman–Crippen MR) is 62.7 cm³/mol. The number of unbranched alkanes of at least 4 members (excludes halogenated alkanes) is 2. The molecule has 0 heterocycles. The van der Waals surface area contributed by atoms with Gasteiger partial charge in [0.25, 0.3) is 0 Å². The van der Waals surface area contributed by atoms with Crippen LogP contribution in [0.15, 0.2) is 24.3 Å². The molecule has 0 aliphatic rings. The topological polar surface area (TPSA) is 69.6 Å². The van der Waals surface area contributed by atoms with Crippen LogP contribution in [-0.4, -0.2) is 22.9 Å². The maximum Gasteiger partial charge on any atom is 0.409 e. The number of rotatable bonds is 6. The second-order valence-corrected chi connectivity index (χ2v) is 3.66. The molecule has 0 saturated carbocycles. The lowest BCUT2D eigenvalue weighted by molar-refractivity contribution is 0.209. The quantitative estimate of drug-likeness (QED) is 0.649. The molecule has 4 nitrogen and oxygen atoms in total. The van der Waals surface area contributed by atoms with E-state index in [1.165, 1.54) is 0 Å². The number of carbonyl (C=O) groups is 1. The number of benzene rings is 1. The highest BCUT2D eigenvalue weighted by Crippen LogP contribution is 2.13. The standard InChI is InChI=1S/C12H17NO3/c14-8-3-1-2-5-10-6-4-7-11(9-10)13-12(15)16/h4,6-7,9,13-14H,1-3,5,8H2,(H,15,16). The summed E-state index contributed by atoms with van der Waals surface area (Å²) in [5, 5.41) is 19.5. The van der Waals surface area contributed by atoms with Crippen LogP contribution in [0.2, 0.25) is 0 Å². The van der Waals surface area contributed by atoms with Gasteiger partial charge in [0.2, 0.25) is 0 Å². The van der Waals surface area contributed by atoms with Crippen LogP contribution in [0.25, 0.3) is 0 Å². The Bertz CT molecular complexity index is 339. The van der Waals surface area contributed by atoms with Crippen molar-refractivity contribution >= 4 is 11.8 Å². The number of amides is 1. The first-order chi connectivity index (χ1) is 7.72. The van der Waals surface area contributed by atoms with Crippen LogP contribution < -0.4 is 5.32 Å². The SMILES string of the molecule is O=C(O)Nc1cccc(CCCCCO)c1. The fourth-order valence-electron chi connectivity index (χ4n) is 1.55. The van der Waals surface area contributed by atoms with Gasteiger partial charge >= 0.3 is 6.09 Å². The zero-order valence-electron chi connectivity index (χ0n) is 9.15. The molecule has 3 N–H and O–H groups in total. The third-order valence-electron chi connectivity index (χ3n) is 2.30. The lowest BCUT2D eigenvalue weighted by atomic mass is 10.1. The summed E-state index contributed by atoms with van der Waals surface area (Å²) >= 11 is 0. The Morgan fingerprint density at radius 3 is 2.75 bits per heavy atom. The lowest BCUT2D eigenvalue weighted by Crippen LogP contribution is -2.07. The van der Waals surface area contributed by atoms with Crippen molar-refractivity contribution in [2.75, 3.05) is 11.9 Å². The van der Waals surface area contributed by atoms with Crippen LogP contribution >= 0.6 is 0 Å². The summed E-state index contributed by atoms with van der Waals surface area (Å²) in [5.74, 6) is 0. The van der Waals surface area contributed by atoms with Gasteiger partial charge < -0.3 is 10.2 Å². The summed E-state index contributed by atoms with van der Waals surface area (Å²) < 4.78 is 0. The van der Waals surface area contributed by atoms with Gasteiger partial charge in [-0.2, -0.15) is 0 Å². The number of hydrogen-bond donors (Lipinski definition) is 3. The van der Waals surface area contributed by atoms with Crippen LogP contribution in [0.4, 0.5) is 10.5 Å². The normalized spacial score (nSPS) is 10.1. The van der Waals surface area contributed by atoms with E-state index >= 15 is 0 Å². The molecule has 0 fully saturated rings. The van der Waals surface area contributed by atoms with Gasteiger partial charge in [0.05, 0.1) is 0 Å². The summed E-state index contributed by atoms with van der Waals surface area (Å²) in [5.41, 5.74) is 1.72. The Kier molecular flexibility index (Phi) is 5.36. The summed E-state index contributed by atoms with van der Waals surface area (Å²) in [6.45, 7) is 0.237. The molecule has 1 aromatic rings. The van der Waals surface area contributed by atoms with E-state index in [0.29, 0.717) is 5.69 Å². The number of aliphatic hydroxyl groups is 1. The molecular formula is C12H17NO3. The Morgan fingerprint density at radius 1 is 1.25 bits per heavy atom. The molecule has 0 atom stereocenters. The largest absolute Gasteiger partial charge is 0.465 e. The van der Waals surface area contributed by atoms with Gasteiger partial charge in [-0.25, -0.2) is 4.79 Å². The molecule has 0 bridgehead atoms. The minimum absolute atomic E-state index is 0.237. The molecule has 1 amide bonds. The molecule has 0 aromatic heterocycles. The minimum atomic E-state index is -1.04. The molecule has 0 aliphatic carbocycles. The zero-order valence-corrected chi connectivity index (χ0v) is 9.15. The number of anilines is 1. The van der Waals surface area contributed by atoms with Gasteiger partial charge in [-0.3, -0.25) is 5.32 Å². The number of nitrogens with one attached hydrogen (secondary N) is 1. The van der Waals surface area contributed by atoms with Crippen molar-refractivity contribution in [3.63, 3.8) is 0 Å². The van der Waals surface area contributed by atoms with E-state index in [2.05, 4.69) is 5.32 Å². The Hall–Kier alpha value is -1.55. The summed E-state index contributed by atoms with van der Waals surface area (Å²) in [6, 6.07) is 7.39. The van der Waals surface area contributed by atoms with Crippen molar-refractivity contribution in [3.05, 3.63) is 29.8 Å². The maximum absolute atomic E-state index is 10.4. The summed E-state index contributed by atoms with van der Waals surface area (Å²) in [4.78, 5) is 10.4. The molecule has 88 valence electrons. The average Bonchev–Trinajstić information content (AvgIpc) is 2.24. The predicted octanol–water partition coefficient (Wildman–Crippen LogP) is 2.48. The second kappa shape index (κ2) is 6.85. The molecule has 0 saturated heterocycles. The van der Waals surface area contributed by atoms with E-state index in [1.54, 1.807) is 6.07 Å². The monoisotopic (exact) mass is 223 g/mol. The number of carboxylic acid groups (broad SMARTS) is 1. The molecule has 1 rings (SSSR count). The highest BCUT2D eigenvalue weighted by Gasteiger charge is 1.99. The van der Waals surface area contributed by atoms with E-state index in [4.69, 9.17) is 10.2 Å². The molecule has 0 radical (unpaired) electrons.